The fourth-order valence-electron chi connectivity index (χ4n) is 9.86. The van der Waals surface area contributed by atoms with Gasteiger partial charge in [0.25, 0.3) is 5.69 Å². The Hall–Kier alpha value is -4.95. The van der Waals surface area contributed by atoms with E-state index in [1.807, 2.05) is 156 Å². The summed E-state index contributed by atoms with van der Waals surface area (Å²) in [7, 11) is 63.5. The number of nitro groups is 1. The molecule has 0 aliphatic carbocycles. The first kappa shape index (κ1) is 80.7. The van der Waals surface area contributed by atoms with Crippen LogP contribution in [0.2, 0.25) is 0 Å². The molecule has 3 aliphatic rings. The summed E-state index contributed by atoms with van der Waals surface area (Å²) in [6, 6.07) is 28.7. The second-order valence-electron chi connectivity index (χ2n) is 26.2. The molecule has 455 valence electrons. The molecule has 0 spiro atoms. The van der Waals surface area contributed by atoms with E-state index in [1.165, 1.54) is 50.6 Å². The van der Waals surface area contributed by atoms with Crippen molar-refractivity contribution in [3.8, 4) is 11.5 Å². The van der Waals surface area contributed by atoms with Crippen molar-refractivity contribution in [2.24, 2.45) is 0 Å². The number of hydrogen-bond acceptors (Lipinski definition) is 17. The lowest BCUT2D eigenvalue weighted by molar-refractivity contribution is -0.384. The van der Waals surface area contributed by atoms with Crippen LogP contribution in [0.15, 0.2) is 119 Å². The van der Waals surface area contributed by atoms with Crippen LogP contribution in [-0.2, 0) is 57.2 Å². The van der Waals surface area contributed by atoms with Crippen molar-refractivity contribution in [2.45, 2.75) is 143 Å². The topological polar surface area (TPSA) is 220 Å². The molecule has 3 fully saturated rings. The van der Waals surface area contributed by atoms with E-state index in [0.29, 0.717) is 0 Å². The SMILES string of the molecule is CC1(C)OB(c2ccc(CO)cc2)OC1(C)C.CC1(C)OB(c2ccc(COC(=O)Oc3ccc([N+](=O)[O-])cc3)cc2)OC1(C)C.Cc1occc(=O)c1OC(=O)OCc1ccc(B2OC(C)(C)C(C)(C)O2)cc1.[B][B]B(B([B])[B])B(B(B([B])[B])B([B])[B])B(B([B])[B])B([B])[B]. The van der Waals surface area contributed by atoms with Gasteiger partial charge < -0.3 is 56.4 Å². The Bertz CT molecular complexity index is 3270. The van der Waals surface area contributed by atoms with Crippen molar-refractivity contribution in [1.29, 1.82) is 0 Å². The maximum Gasteiger partial charge on any atom is 0.514 e. The summed E-state index contributed by atoms with van der Waals surface area (Å²) in [5, 5.41) is 19.6. The molecule has 18 nitrogen and oxygen atoms in total. The molecule has 5 aromatic rings. The zero-order chi connectivity index (χ0) is 71.3. The average molecular weight is 1250 g/mol. The van der Waals surface area contributed by atoms with Crippen molar-refractivity contribution in [1.82, 2.24) is 0 Å². The summed E-state index contributed by atoms with van der Waals surface area (Å²) in [6.07, 6.45) is -7.41. The molecule has 8 rings (SSSR count). The highest BCUT2D eigenvalue weighted by molar-refractivity contribution is 8.20. The molecule has 3 saturated heterocycles. The lowest BCUT2D eigenvalue weighted by Crippen LogP contribution is -2.81. The molecule has 23 radical (unpaired) electrons. The molecule has 1 aromatic heterocycles. The van der Waals surface area contributed by atoms with Crippen molar-refractivity contribution in [3.63, 3.8) is 0 Å². The predicted octanol–water partition coefficient (Wildman–Crippen LogP) is 0.0539. The molecule has 0 saturated carbocycles. The van der Waals surface area contributed by atoms with Gasteiger partial charge in [-0.15, -0.1) is 0 Å². The zero-order valence-corrected chi connectivity index (χ0v) is 56.3. The standard InChI is InChI=1S/C20H22BNO7.C20H23BO7.C13H19BO3.B21/c1-19(2)20(3,4)29-21(28-19)15-7-5-14(6-8-15)13-26-18(23)27-17-11-9-16(10-12-17)22(24)25;1-13-17(16(22)10-11-24-13)26-18(23)25-12-14-6-8-15(9-7-14)21-27-19(2,3)20(4,5)28-21;1-12(2)13(3,4)17-14(16-12)11-7-5-10(9-15)6-8-11;1-12-18(13(2)3)21(19(14(4)5)15(6)7)20(16(8)9)17(10)11/h5-12H,13H2,1-4H3;6-11H,12H2,1-5H3;5-8,15H,9H2,1-4H3;. The van der Waals surface area contributed by atoms with Crippen molar-refractivity contribution in [3.05, 3.63) is 152 Å². The molecule has 1 N–H and O–H groups in total. The molecule has 42 heteroatoms. The zero-order valence-electron chi connectivity index (χ0n) is 56.3. The van der Waals surface area contributed by atoms with Gasteiger partial charge in [0.2, 0.25) is 11.2 Å². The van der Waals surface area contributed by atoms with Gasteiger partial charge >= 0.3 is 33.7 Å². The Morgan fingerprint density at radius 1 is 0.505 bits per heavy atom. The summed E-state index contributed by atoms with van der Waals surface area (Å²) in [5.74, 6) is 0.191. The fourth-order valence-corrected chi connectivity index (χ4v) is 9.86. The van der Waals surface area contributed by atoms with Gasteiger partial charge in [-0.05, 0) is 135 Å². The molecule has 0 amide bonds. The third-order valence-corrected chi connectivity index (χ3v) is 17.6. The van der Waals surface area contributed by atoms with Gasteiger partial charge in [-0.2, -0.15) is 0 Å². The van der Waals surface area contributed by atoms with E-state index >= 15 is 0 Å². The minimum absolute atomic E-state index is 0.000303. The van der Waals surface area contributed by atoms with Crippen LogP contribution < -0.4 is 31.3 Å². The van der Waals surface area contributed by atoms with Crippen molar-refractivity contribution >= 4 is 205 Å². The van der Waals surface area contributed by atoms with E-state index in [0.717, 1.165) is 33.1 Å². The van der Waals surface area contributed by atoms with E-state index < -0.39 is 117 Å². The Morgan fingerprint density at radius 2 is 0.832 bits per heavy atom. The molecule has 0 bridgehead atoms. The predicted molar refractivity (Wildman–Crippen MR) is 398 cm³/mol. The lowest BCUT2D eigenvalue weighted by atomic mass is 8.38. The van der Waals surface area contributed by atoms with Crippen LogP contribution in [0.5, 0.6) is 11.5 Å². The monoisotopic (exact) mass is 1250 g/mol. The van der Waals surface area contributed by atoms with Crippen LogP contribution in [0.1, 0.15) is 106 Å². The minimum atomic E-state index is -0.975. The number of benzene rings is 4. The molecule has 4 heterocycles. The molecule has 0 unspecified atom stereocenters. The Balaban J connectivity index is 0.000000234. The van der Waals surface area contributed by atoms with E-state index in [-0.39, 0.29) is 61.1 Å². The van der Waals surface area contributed by atoms with Gasteiger partial charge in [0.05, 0.1) is 51.4 Å². The largest absolute Gasteiger partial charge is 0.514 e. The lowest BCUT2D eigenvalue weighted by Gasteiger charge is -2.43. The molecule has 0 atom stereocenters. The first-order valence-electron chi connectivity index (χ1n) is 30.6. The Kier molecular flexibility index (Phi) is 29.1. The third-order valence-electron chi connectivity index (χ3n) is 17.6. The number of non-ortho nitro benzene ring substituents is 1. The van der Waals surface area contributed by atoms with Crippen molar-refractivity contribution in [2.75, 3.05) is 0 Å². The van der Waals surface area contributed by atoms with Crippen molar-refractivity contribution < 1.29 is 70.9 Å². The maximum atomic E-state index is 11.8. The summed E-state index contributed by atoms with van der Waals surface area (Å²) >= 11 is 0. The highest BCUT2D eigenvalue weighted by Gasteiger charge is 2.54. The van der Waals surface area contributed by atoms with E-state index in [9.17, 15) is 24.5 Å². The van der Waals surface area contributed by atoms with Gasteiger partial charge in [0, 0.05) is 168 Å². The number of ether oxygens (including phenoxy) is 4. The molecular formula is C53H64B24NO17. The number of carbonyl (C=O) groups excluding carboxylic acids is 2. The smallest absolute Gasteiger partial charge is 0.465 e. The van der Waals surface area contributed by atoms with E-state index in [4.69, 9.17) is 142 Å². The fraction of sp³-hybridized carbons (Fsp3) is 0.415. The normalized spacial score (nSPS) is 16.3. The highest BCUT2D eigenvalue weighted by Crippen LogP contribution is 2.39. The number of carbonyl (C=O) groups is 2. The average Bonchev–Trinajstić information content (AvgIpc) is 1.67. The van der Waals surface area contributed by atoms with Gasteiger partial charge in [-0.1, -0.05) is 72.8 Å². The number of aryl methyl sites for hydroxylation is 1. The summed E-state index contributed by atoms with van der Waals surface area (Å²) < 4.78 is 61.0. The van der Waals surface area contributed by atoms with Gasteiger partial charge in [0.1, 0.15) is 24.7 Å². The van der Waals surface area contributed by atoms with Crippen LogP contribution in [0.4, 0.5) is 15.3 Å². The summed E-state index contributed by atoms with van der Waals surface area (Å²) in [6.45, 7) is 25.7. The first-order chi connectivity index (χ1) is 44.1. The Morgan fingerprint density at radius 3 is 1.12 bits per heavy atom. The van der Waals surface area contributed by atoms with Crippen LogP contribution in [0, 0.1) is 17.0 Å². The van der Waals surface area contributed by atoms with Crippen LogP contribution in [0.3, 0.4) is 0 Å². The van der Waals surface area contributed by atoms with Crippen LogP contribution in [-0.4, -0.2) is 227 Å². The minimum Gasteiger partial charge on any atom is -0.465 e. The Labute approximate surface area is 580 Å². The van der Waals surface area contributed by atoms with Crippen LogP contribution >= 0.6 is 0 Å². The number of rotatable bonds is 20. The molecular weight excluding hydrogens is 1180 g/mol. The maximum absolute atomic E-state index is 11.8. The summed E-state index contributed by atoms with van der Waals surface area (Å²) in [4.78, 5) is 45.4. The van der Waals surface area contributed by atoms with E-state index in [1.54, 1.807) is 0 Å². The number of nitrogens with zero attached hydrogens (tertiary/aromatic N) is 1. The second kappa shape index (κ2) is 34.2. The highest BCUT2D eigenvalue weighted by atomic mass is 16.7. The van der Waals surface area contributed by atoms with Crippen LogP contribution in [0.25, 0.3) is 0 Å². The number of nitro benzene ring substituents is 1. The quantitative estimate of drug-likeness (QED) is 0.0358. The second-order valence-corrected chi connectivity index (χ2v) is 26.2. The third kappa shape index (κ3) is 21.8. The molecule has 3 aliphatic heterocycles. The summed E-state index contributed by atoms with van der Waals surface area (Å²) in [5.41, 5.74) is 2.34. The molecule has 4 aromatic carbocycles. The van der Waals surface area contributed by atoms with E-state index in [2.05, 4.69) is 0 Å². The molecule has 95 heavy (non-hydrogen) atoms. The number of hydrogen-bond donors (Lipinski definition) is 1. The van der Waals surface area contributed by atoms with Gasteiger partial charge in [-0.3, -0.25) is 14.9 Å². The number of aliphatic hydroxyl groups excluding tert-OH is 1. The number of aliphatic hydroxyl groups is 1. The first-order valence-corrected chi connectivity index (χ1v) is 30.6. The van der Waals surface area contributed by atoms with Gasteiger partial charge in [-0.25, -0.2) is 9.59 Å². The van der Waals surface area contributed by atoms with Gasteiger partial charge in [0.15, 0.2) is 0 Å².